The lowest BCUT2D eigenvalue weighted by Crippen LogP contribution is -2.31. The van der Waals surface area contributed by atoms with Crippen LogP contribution in [0.5, 0.6) is 0 Å². The van der Waals surface area contributed by atoms with Crippen LogP contribution < -0.4 is 16.2 Å². The van der Waals surface area contributed by atoms with Gasteiger partial charge in [0.05, 0.1) is 18.3 Å². The minimum Gasteiger partial charge on any atom is -0.391 e. The quantitative estimate of drug-likeness (QED) is 0.763. The Balaban J connectivity index is 3.01. The minimum absolute atomic E-state index is 0.0921. The van der Waals surface area contributed by atoms with Crippen molar-refractivity contribution in [2.75, 3.05) is 23.7 Å². The fraction of sp³-hybridized carbons (Fsp3) is 0.500. The summed E-state index contributed by atoms with van der Waals surface area (Å²) in [7, 11) is 0. The van der Waals surface area contributed by atoms with E-state index in [0.717, 1.165) is 0 Å². The molecule has 0 spiro atoms. The van der Waals surface area contributed by atoms with Crippen LogP contribution in [0.25, 0.3) is 0 Å². The van der Waals surface area contributed by atoms with Crippen molar-refractivity contribution in [3.05, 3.63) is 16.7 Å². The molecule has 0 aliphatic rings. The van der Waals surface area contributed by atoms with Crippen molar-refractivity contribution in [3.8, 4) is 6.07 Å². The second-order valence-corrected chi connectivity index (χ2v) is 3.54. The first-order chi connectivity index (χ1) is 7.60. The Morgan fingerprint density at radius 2 is 2.44 bits per heavy atom. The van der Waals surface area contributed by atoms with E-state index in [0.29, 0.717) is 18.9 Å². The summed E-state index contributed by atoms with van der Waals surface area (Å²) in [4.78, 5) is 19.6. The van der Waals surface area contributed by atoms with E-state index in [4.69, 9.17) is 11.0 Å². The summed E-state index contributed by atoms with van der Waals surface area (Å²) in [6.45, 7) is 4.89. The topological polar surface area (TPSA) is 98.8 Å². The molecule has 0 aliphatic heterocycles. The number of nitrogen functional groups attached to an aromatic ring is 1. The van der Waals surface area contributed by atoms with Gasteiger partial charge < -0.3 is 15.6 Å². The van der Waals surface area contributed by atoms with Crippen LogP contribution in [0.2, 0.25) is 0 Å². The maximum atomic E-state index is 11.3. The molecule has 6 nitrogen and oxygen atoms in total. The Kier molecular flexibility index (Phi) is 3.89. The number of nitrogens with zero attached hydrogens (tertiary/aromatic N) is 3. The molecule has 0 aliphatic carbocycles. The van der Waals surface area contributed by atoms with Crippen molar-refractivity contribution in [1.82, 2.24) is 9.97 Å². The lowest BCUT2D eigenvalue weighted by molar-refractivity contribution is 0.679. The molecule has 3 N–H and O–H groups in total. The highest BCUT2D eigenvalue weighted by molar-refractivity contribution is 5.60. The number of H-pyrrole nitrogens is 1. The van der Waals surface area contributed by atoms with E-state index in [2.05, 4.69) is 16.0 Å². The first-order valence-electron chi connectivity index (χ1n) is 5.07. The molecule has 1 rings (SSSR count). The van der Waals surface area contributed by atoms with Crippen LogP contribution in [0.4, 0.5) is 11.5 Å². The van der Waals surface area contributed by atoms with Gasteiger partial charge >= 0.3 is 0 Å². The third kappa shape index (κ3) is 2.51. The number of hydrogen-bond donors (Lipinski definition) is 2. The molecule has 1 atom stereocenters. The van der Waals surface area contributed by atoms with Crippen molar-refractivity contribution >= 4 is 11.5 Å². The number of anilines is 2. The van der Waals surface area contributed by atoms with E-state index in [9.17, 15) is 4.79 Å². The molecule has 1 aromatic heterocycles. The van der Waals surface area contributed by atoms with E-state index in [1.54, 1.807) is 0 Å². The van der Waals surface area contributed by atoms with Crippen molar-refractivity contribution in [1.29, 1.82) is 5.26 Å². The van der Waals surface area contributed by atoms with E-state index in [-0.39, 0.29) is 17.2 Å². The molecule has 6 heteroatoms. The average molecular weight is 221 g/mol. The van der Waals surface area contributed by atoms with Gasteiger partial charge in [0.15, 0.2) is 5.82 Å². The lowest BCUT2D eigenvalue weighted by Gasteiger charge is -2.23. The zero-order valence-electron chi connectivity index (χ0n) is 9.40. The first-order valence-corrected chi connectivity index (χ1v) is 5.07. The van der Waals surface area contributed by atoms with Gasteiger partial charge in [0.1, 0.15) is 5.69 Å². The molecule has 0 aromatic carbocycles. The Morgan fingerprint density at radius 3 is 3.00 bits per heavy atom. The Hall–Kier alpha value is -2.03. The van der Waals surface area contributed by atoms with Gasteiger partial charge in [-0.05, 0) is 13.8 Å². The van der Waals surface area contributed by atoms with Gasteiger partial charge in [-0.15, -0.1) is 0 Å². The molecule has 0 bridgehead atoms. The maximum absolute atomic E-state index is 11.3. The first kappa shape index (κ1) is 12.0. The smallest absolute Gasteiger partial charge is 0.276 e. The molecule has 0 saturated carbocycles. The van der Waals surface area contributed by atoms with Crippen molar-refractivity contribution in [2.24, 2.45) is 5.92 Å². The largest absolute Gasteiger partial charge is 0.391 e. The maximum Gasteiger partial charge on any atom is 0.276 e. The normalized spacial score (nSPS) is 11.8. The second-order valence-electron chi connectivity index (χ2n) is 3.54. The van der Waals surface area contributed by atoms with Gasteiger partial charge in [-0.25, -0.2) is 4.98 Å². The van der Waals surface area contributed by atoms with Crippen LogP contribution in [-0.2, 0) is 0 Å². The van der Waals surface area contributed by atoms with E-state index < -0.39 is 0 Å². The number of nitriles is 1. The molecule has 0 fully saturated rings. The molecule has 86 valence electrons. The number of nitrogens with one attached hydrogen (secondary N) is 1. The van der Waals surface area contributed by atoms with Crippen molar-refractivity contribution in [3.63, 3.8) is 0 Å². The SMILES string of the molecule is CCN(CC(C)C#N)c1nc[nH]c(=O)c1N. The lowest BCUT2D eigenvalue weighted by atomic mass is 10.2. The minimum atomic E-state index is -0.354. The Bertz CT molecular complexity index is 447. The zero-order valence-corrected chi connectivity index (χ0v) is 9.40. The highest BCUT2D eigenvalue weighted by Crippen LogP contribution is 2.15. The molecule has 1 heterocycles. The molecule has 0 saturated heterocycles. The highest BCUT2D eigenvalue weighted by Gasteiger charge is 2.14. The van der Waals surface area contributed by atoms with Gasteiger partial charge in [0.2, 0.25) is 0 Å². The van der Waals surface area contributed by atoms with Gasteiger partial charge in [0.25, 0.3) is 5.56 Å². The van der Waals surface area contributed by atoms with Gasteiger partial charge in [-0.1, -0.05) is 0 Å². The number of aromatic nitrogens is 2. The molecule has 0 amide bonds. The van der Waals surface area contributed by atoms with E-state index in [1.807, 2.05) is 18.7 Å². The predicted molar refractivity (Wildman–Crippen MR) is 61.9 cm³/mol. The molecule has 0 radical (unpaired) electrons. The fourth-order valence-electron chi connectivity index (χ4n) is 1.39. The monoisotopic (exact) mass is 221 g/mol. The molecular formula is C10H15N5O. The number of aromatic amines is 1. The van der Waals surface area contributed by atoms with Crippen molar-refractivity contribution in [2.45, 2.75) is 13.8 Å². The Labute approximate surface area is 93.7 Å². The van der Waals surface area contributed by atoms with Gasteiger partial charge in [-0.3, -0.25) is 4.79 Å². The number of rotatable bonds is 4. The summed E-state index contributed by atoms with van der Waals surface area (Å²) in [6.07, 6.45) is 1.31. The number of nitrogens with two attached hydrogens (primary N) is 1. The molecular weight excluding hydrogens is 206 g/mol. The van der Waals surface area contributed by atoms with Crippen LogP contribution >= 0.6 is 0 Å². The average Bonchev–Trinajstić information content (AvgIpc) is 2.29. The van der Waals surface area contributed by atoms with E-state index >= 15 is 0 Å². The van der Waals surface area contributed by atoms with Crippen LogP contribution in [0.3, 0.4) is 0 Å². The highest BCUT2D eigenvalue weighted by atomic mass is 16.1. The number of hydrogen-bond acceptors (Lipinski definition) is 5. The predicted octanol–water partition coefficient (Wildman–Crippen LogP) is 0.338. The van der Waals surface area contributed by atoms with Crippen LogP contribution in [-0.4, -0.2) is 23.1 Å². The third-order valence-corrected chi connectivity index (χ3v) is 2.26. The van der Waals surface area contributed by atoms with Crippen LogP contribution in [0, 0.1) is 17.2 Å². The summed E-state index contributed by atoms with van der Waals surface area (Å²) < 4.78 is 0. The summed E-state index contributed by atoms with van der Waals surface area (Å²) >= 11 is 0. The summed E-state index contributed by atoms with van der Waals surface area (Å²) in [5.41, 5.74) is 5.38. The zero-order chi connectivity index (χ0) is 12.1. The fourth-order valence-corrected chi connectivity index (χ4v) is 1.39. The van der Waals surface area contributed by atoms with Gasteiger partial charge in [-0.2, -0.15) is 5.26 Å². The summed E-state index contributed by atoms with van der Waals surface area (Å²) in [5.74, 6) is 0.300. The molecule has 16 heavy (non-hydrogen) atoms. The molecule has 1 aromatic rings. The molecule has 1 unspecified atom stereocenters. The van der Waals surface area contributed by atoms with E-state index in [1.165, 1.54) is 6.33 Å². The standard InChI is InChI=1S/C10H15N5O/c1-3-15(5-7(2)4-11)9-8(12)10(16)14-6-13-9/h6-7H,3,5,12H2,1-2H3,(H,13,14,16). The van der Waals surface area contributed by atoms with Crippen LogP contribution in [0.15, 0.2) is 11.1 Å². The third-order valence-electron chi connectivity index (χ3n) is 2.26. The Morgan fingerprint density at radius 1 is 1.75 bits per heavy atom. The second kappa shape index (κ2) is 5.16. The van der Waals surface area contributed by atoms with Crippen molar-refractivity contribution < 1.29 is 0 Å². The summed E-state index contributed by atoms with van der Waals surface area (Å²) in [6, 6.07) is 2.14. The van der Waals surface area contributed by atoms with Crippen LogP contribution in [0.1, 0.15) is 13.8 Å². The summed E-state index contributed by atoms with van der Waals surface area (Å²) in [5, 5.41) is 8.75. The van der Waals surface area contributed by atoms with Gasteiger partial charge in [0, 0.05) is 13.1 Å².